The van der Waals surface area contributed by atoms with E-state index in [1.165, 1.54) is 0 Å². The van der Waals surface area contributed by atoms with Crippen LogP contribution in [0.3, 0.4) is 0 Å². The zero-order chi connectivity index (χ0) is 19.1. The van der Waals surface area contributed by atoms with E-state index in [0.717, 1.165) is 35.9 Å². The van der Waals surface area contributed by atoms with E-state index in [4.69, 9.17) is 15.0 Å². The molecule has 27 heavy (non-hydrogen) atoms. The summed E-state index contributed by atoms with van der Waals surface area (Å²) in [7, 11) is 0. The number of morpholine rings is 1. The van der Waals surface area contributed by atoms with Gasteiger partial charge in [0.2, 0.25) is 5.91 Å². The Labute approximate surface area is 162 Å². The van der Waals surface area contributed by atoms with Gasteiger partial charge in [0.25, 0.3) is 0 Å². The summed E-state index contributed by atoms with van der Waals surface area (Å²) in [5.74, 6) is 2.07. The number of ether oxygens (including phenoxy) is 1. The van der Waals surface area contributed by atoms with Crippen LogP contribution in [0.15, 0.2) is 30.3 Å². The highest BCUT2D eigenvalue weighted by atomic mass is 32.2. The van der Waals surface area contributed by atoms with Gasteiger partial charge in [0.15, 0.2) is 5.82 Å². The Kier molecular flexibility index (Phi) is 6.63. The minimum absolute atomic E-state index is 0.162. The fourth-order valence-electron chi connectivity index (χ4n) is 2.77. The largest absolute Gasteiger partial charge is 0.378 e. The van der Waals surface area contributed by atoms with Crippen LogP contribution in [0.1, 0.15) is 12.1 Å². The maximum absolute atomic E-state index is 11.5. The molecule has 140 valence electrons. The lowest BCUT2D eigenvalue weighted by molar-refractivity contribution is -0.115. The molecule has 1 N–H and O–H groups in total. The van der Waals surface area contributed by atoms with Crippen molar-refractivity contribution in [3.05, 3.63) is 36.0 Å². The predicted molar refractivity (Wildman–Crippen MR) is 107 cm³/mol. The average Bonchev–Trinajstić information content (AvgIpc) is 2.69. The topological polar surface area (TPSA) is 91.1 Å². The molecule has 8 heteroatoms. The van der Waals surface area contributed by atoms with E-state index in [1.54, 1.807) is 23.9 Å². The number of rotatable bonds is 6. The molecule has 1 aromatic heterocycles. The molecular formula is C19H21N5O2S. The lowest BCUT2D eigenvalue weighted by Gasteiger charge is -2.28. The molecule has 3 rings (SSSR count). The first-order valence-electron chi connectivity index (χ1n) is 8.66. The fourth-order valence-corrected chi connectivity index (χ4v) is 3.21. The Balaban J connectivity index is 1.85. The molecule has 0 aliphatic carbocycles. The summed E-state index contributed by atoms with van der Waals surface area (Å²) in [5, 5.41) is 11.3. The molecule has 1 aliphatic heterocycles. The molecule has 1 saturated heterocycles. The second-order valence-electron chi connectivity index (χ2n) is 6.03. The van der Waals surface area contributed by atoms with Gasteiger partial charge in [0.1, 0.15) is 12.2 Å². The van der Waals surface area contributed by atoms with Crippen LogP contribution in [0.2, 0.25) is 0 Å². The lowest BCUT2D eigenvalue weighted by Crippen LogP contribution is -2.37. The van der Waals surface area contributed by atoms with Gasteiger partial charge in [0, 0.05) is 36.2 Å². The van der Waals surface area contributed by atoms with Crippen molar-refractivity contribution in [2.24, 2.45) is 0 Å². The molecule has 1 aliphatic rings. The van der Waals surface area contributed by atoms with Crippen molar-refractivity contribution in [1.29, 1.82) is 5.26 Å². The first kappa shape index (κ1) is 19.1. The van der Waals surface area contributed by atoms with Crippen molar-refractivity contribution < 1.29 is 9.53 Å². The third kappa shape index (κ3) is 5.18. The second-order valence-corrected chi connectivity index (χ2v) is 6.90. The summed E-state index contributed by atoms with van der Waals surface area (Å²) in [5.41, 5.74) is 2.51. The smallest absolute Gasteiger partial charge is 0.238 e. The molecule has 2 aromatic rings. The number of hydrogen-bond donors (Lipinski definition) is 1. The Bertz CT molecular complexity index is 829. The van der Waals surface area contributed by atoms with E-state index in [9.17, 15) is 4.79 Å². The molecule has 0 bridgehead atoms. The molecule has 1 amide bonds. The first-order chi connectivity index (χ1) is 13.2. The summed E-state index contributed by atoms with van der Waals surface area (Å²) in [6.45, 7) is 3.04. The van der Waals surface area contributed by atoms with Crippen LogP contribution in [0.4, 0.5) is 11.5 Å². The quantitative estimate of drug-likeness (QED) is 0.820. The Morgan fingerprint density at radius 2 is 2.04 bits per heavy atom. The first-order valence-corrected chi connectivity index (χ1v) is 10.1. The molecule has 0 spiro atoms. The summed E-state index contributed by atoms with van der Waals surface area (Å²) in [6, 6.07) is 11.2. The molecule has 0 unspecified atom stereocenters. The lowest BCUT2D eigenvalue weighted by atomic mass is 10.2. The minimum atomic E-state index is -0.321. The Hall–Kier alpha value is -2.63. The minimum Gasteiger partial charge on any atom is -0.378 e. The Morgan fingerprint density at radius 1 is 1.30 bits per heavy atom. The van der Waals surface area contributed by atoms with E-state index in [-0.39, 0.29) is 12.3 Å². The highest BCUT2D eigenvalue weighted by Gasteiger charge is 2.15. The number of carbonyl (C=O) groups is 1. The van der Waals surface area contributed by atoms with Gasteiger partial charge in [-0.2, -0.15) is 17.0 Å². The molecule has 7 nitrogen and oxygen atoms in total. The van der Waals surface area contributed by atoms with Crippen molar-refractivity contribution in [3.63, 3.8) is 0 Å². The number of nitrogens with zero attached hydrogens (tertiary/aromatic N) is 4. The molecule has 2 heterocycles. The second kappa shape index (κ2) is 9.35. The van der Waals surface area contributed by atoms with Crippen LogP contribution in [0.25, 0.3) is 11.4 Å². The monoisotopic (exact) mass is 383 g/mol. The number of nitrogens with one attached hydrogen (secondary N) is 1. The average molecular weight is 383 g/mol. The van der Waals surface area contributed by atoms with E-state index >= 15 is 0 Å². The summed E-state index contributed by atoms with van der Waals surface area (Å²) < 4.78 is 5.43. The number of amides is 1. The third-order valence-corrected chi connectivity index (χ3v) is 4.64. The van der Waals surface area contributed by atoms with Crippen molar-refractivity contribution in [3.8, 4) is 17.5 Å². The number of thioether (sulfide) groups is 1. The molecular weight excluding hydrogens is 362 g/mol. The van der Waals surface area contributed by atoms with Crippen LogP contribution >= 0.6 is 11.8 Å². The van der Waals surface area contributed by atoms with Crippen molar-refractivity contribution in [1.82, 2.24) is 9.97 Å². The maximum Gasteiger partial charge on any atom is 0.238 e. The van der Waals surface area contributed by atoms with E-state index in [0.29, 0.717) is 24.7 Å². The zero-order valence-electron chi connectivity index (χ0n) is 15.1. The SMILES string of the molecule is CSCc1cc(N2CCOCC2)nc(-c2ccc(NC(=O)CC#N)cc2)n1. The third-order valence-electron chi connectivity index (χ3n) is 4.06. The highest BCUT2D eigenvalue weighted by Crippen LogP contribution is 2.24. The van der Waals surface area contributed by atoms with Crippen LogP contribution in [0.5, 0.6) is 0 Å². The number of anilines is 2. The van der Waals surface area contributed by atoms with E-state index < -0.39 is 0 Å². The molecule has 0 radical (unpaired) electrons. The number of nitriles is 1. The van der Waals surface area contributed by atoms with Crippen LogP contribution in [0, 0.1) is 11.3 Å². The predicted octanol–water partition coefficient (Wildman–Crippen LogP) is 2.70. The van der Waals surface area contributed by atoms with Gasteiger partial charge in [-0.15, -0.1) is 0 Å². The number of hydrogen-bond acceptors (Lipinski definition) is 7. The standard InChI is InChI=1S/C19H21N5O2S/c1-27-13-16-12-17(24-8-10-26-11-9-24)23-19(22-16)14-2-4-15(5-3-14)21-18(25)6-7-20/h2-5,12H,6,8-11,13H2,1H3,(H,21,25). The van der Waals surface area contributed by atoms with Gasteiger partial charge in [0.05, 0.1) is 25.0 Å². The van der Waals surface area contributed by atoms with Gasteiger partial charge in [-0.25, -0.2) is 9.97 Å². The van der Waals surface area contributed by atoms with E-state index in [2.05, 4.69) is 21.5 Å². The van der Waals surface area contributed by atoms with E-state index in [1.807, 2.05) is 24.3 Å². The van der Waals surface area contributed by atoms with Gasteiger partial charge in [-0.05, 0) is 30.5 Å². The number of carbonyl (C=O) groups excluding carboxylic acids is 1. The summed E-state index contributed by atoms with van der Waals surface area (Å²) >= 11 is 1.72. The van der Waals surface area contributed by atoms with Gasteiger partial charge >= 0.3 is 0 Å². The van der Waals surface area contributed by atoms with Gasteiger partial charge in [-0.3, -0.25) is 4.79 Å². The van der Waals surface area contributed by atoms with Gasteiger partial charge in [-0.1, -0.05) is 0 Å². The normalized spacial score (nSPS) is 13.9. The number of aromatic nitrogens is 2. The Morgan fingerprint density at radius 3 is 2.70 bits per heavy atom. The molecule has 1 fully saturated rings. The number of benzene rings is 1. The summed E-state index contributed by atoms with van der Waals surface area (Å²) in [4.78, 5) is 23.2. The fraction of sp³-hybridized carbons (Fsp3) is 0.368. The van der Waals surface area contributed by atoms with Crippen molar-refractivity contribution >= 4 is 29.2 Å². The molecule has 0 saturated carbocycles. The van der Waals surface area contributed by atoms with Crippen molar-refractivity contribution in [2.45, 2.75) is 12.2 Å². The van der Waals surface area contributed by atoms with Crippen LogP contribution in [-0.2, 0) is 15.3 Å². The van der Waals surface area contributed by atoms with Crippen molar-refractivity contribution in [2.75, 3.05) is 42.8 Å². The molecule has 0 atom stereocenters. The van der Waals surface area contributed by atoms with Gasteiger partial charge < -0.3 is 15.0 Å². The maximum atomic E-state index is 11.5. The van der Waals surface area contributed by atoms with Crippen LogP contribution in [-0.4, -0.2) is 48.4 Å². The zero-order valence-corrected chi connectivity index (χ0v) is 16.0. The highest BCUT2D eigenvalue weighted by molar-refractivity contribution is 7.97. The molecule has 1 aromatic carbocycles. The van der Waals surface area contributed by atoms with Crippen LogP contribution < -0.4 is 10.2 Å². The summed E-state index contributed by atoms with van der Waals surface area (Å²) in [6.07, 6.45) is 1.89.